The molecule has 2 aromatic carbocycles. The first-order valence-corrected chi connectivity index (χ1v) is 11.5. The summed E-state index contributed by atoms with van der Waals surface area (Å²) in [5, 5.41) is 12.5. The van der Waals surface area contributed by atoms with Gasteiger partial charge in [-0.1, -0.05) is 71.4 Å². The number of anilines is 1. The molecule has 9 heteroatoms. The second kappa shape index (κ2) is 10.2. The number of benzene rings is 2. The van der Waals surface area contributed by atoms with E-state index < -0.39 is 5.25 Å². The van der Waals surface area contributed by atoms with Crippen molar-refractivity contribution >= 4 is 46.6 Å². The highest BCUT2D eigenvalue weighted by atomic mass is 35.5. The van der Waals surface area contributed by atoms with Crippen LogP contribution in [0.5, 0.6) is 0 Å². The largest absolute Gasteiger partial charge is 0.323 e. The maximum absolute atomic E-state index is 12.9. The van der Waals surface area contributed by atoms with E-state index in [2.05, 4.69) is 20.5 Å². The van der Waals surface area contributed by atoms with Crippen LogP contribution in [0.3, 0.4) is 0 Å². The molecule has 1 N–H and O–H groups in total. The lowest BCUT2D eigenvalue weighted by atomic mass is 10.2. The molecule has 4 rings (SSSR count). The monoisotopic (exact) mass is 483 g/mol. The Morgan fingerprint density at radius 3 is 2.47 bits per heavy atom. The maximum atomic E-state index is 12.9. The molecule has 0 fully saturated rings. The highest BCUT2D eigenvalue weighted by molar-refractivity contribution is 8.00. The molecule has 0 saturated carbocycles. The zero-order chi connectivity index (χ0) is 22.5. The Balaban J connectivity index is 1.60. The Kier molecular flexibility index (Phi) is 7.09. The minimum atomic E-state index is -0.470. The molecule has 0 saturated heterocycles. The number of nitrogens with zero attached hydrogens (tertiary/aromatic N) is 4. The van der Waals surface area contributed by atoms with Crippen molar-refractivity contribution in [2.75, 3.05) is 5.32 Å². The minimum Gasteiger partial charge on any atom is -0.323 e. The second-order valence-corrected chi connectivity index (χ2v) is 9.09. The molecule has 0 spiro atoms. The van der Waals surface area contributed by atoms with Crippen LogP contribution in [0.25, 0.3) is 11.4 Å². The van der Waals surface area contributed by atoms with Crippen LogP contribution in [0.2, 0.25) is 10.0 Å². The van der Waals surface area contributed by atoms with E-state index >= 15 is 0 Å². The Hall–Kier alpha value is -2.87. The lowest BCUT2D eigenvalue weighted by Gasteiger charge is -2.15. The summed E-state index contributed by atoms with van der Waals surface area (Å²) in [6.07, 6.45) is 3.46. The molecule has 32 heavy (non-hydrogen) atoms. The van der Waals surface area contributed by atoms with Crippen LogP contribution in [-0.4, -0.2) is 30.9 Å². The second-order valence-electron chi connectivity index (χ2n) is 6.97. The van der Waals surface area contributed by atoms with Crippen LogP contribution >= 0.6 is 35.0 Å². The van der Waals surface area contributed by atoms with Crippen LogP contribution in [0, 0.1) is 0 Å². The predicted octanol–water partition coefficient (Wildman–Crippen LogP) is 5.81. The lowest BCUT2D eigenvalue weighted by molar-refractivity contribution is -0.115. The first-order chi connectivity index (χ1) is 15.5. The van der Waals surface area contributed by atoms with Gasteiger partial charge in [-0.3, -0.25) is 14.3 Å². The number of aromatic nitrogens is 4. The lowest BCUT2D eigenvalue weighted by Crippen LogP contribution is -2.23. The molecule has 0 aliphatic rings. The fourth-order valence-corrected chi connectivity index (χ4v) is 4.39. The highest BCUT2D eigenvalue weighted by Crippen LogP contribution is 2.32. The summed E-state index contributed by atoms with van der Waals surface area (Å²) in [6.45, 7) is 2.36. The third-order valence-electron chi connectivity index (χ3n) is 4.68. The number of rotatable bonds is 7. The number of thioether (sulfide) groups is 1. The van der Waals surface area contributed by atoms with Gasteiger partial charge in [0.1, 0.15) is 0 Å². The Bertz CT molecular complexity index is 1200. The summed E-state index contributed by atoms with van der Waals surface area (Å²) >= 11 is 13.7. The van der Waals surface area contributed by atoms with Crippen molar-refractivity contribution in [3.63, 3.8) is 0 Å². The standard InChI is InChI=1S/C23H19Cl2N5OS/c1-15(22(31)27-20-18(24)10-5-11-19(20)25)32-23-29-28-21(17-9-6-12-26-13-17)30(23)14-16-7-3-2-4-8-16/h2-13,15H,14H2,1H3,(H,27,31). The number of carbonyl (C=O) groups excluding carboxylic acids is 1. The van der Waals surface area contributed by atoms with E-state index in [9.17, 15) is 4.79 Å². The van der Waals surface area contributed by atoms with Gasteiger partial charge < -0.3 is 5.32 Å². The average Bonchev–Trinajstić information content (AvgIpc) is 3.19. The van der Waals surface area contributed by atoms with Gasteiger partial charge in [-0.15, -0.1) is 10.2 Å². The molecule has 162 valence electrons. The van der Waals surface area contributed by atoms with E-state index in [0.717, 1.165) is 11.1 Å². The number of halogens is 2. The zero-order valence-electron chi connectivity index (χ0n) is 17.1. The van der Waals surface area contributed by atoms with E-state index in [1.54, 1.807) is 37.5 Å². The summed E-state index contributed by atoms with van der Waals surface area (Å²) in [5.41, 5.74) is 2.34. The SMILES string of the molecule is CC(Sc1nnc(-c2cccnc2)n1Cc1ccccc1)C(=O)Nc1c(Cl)cccc1Cl. The molecule has 0 aliphatic carbocycles. The first-order valence-electron chi connectivity index (χ1n) is 9.82. The summed E-state index contributed by atoms with van der Waals surface area (Å²) in [7, 11) is 0. The molecule has 1 unspecified atom stereocenters. The van der Waals surface area contributed by atoms with Crippen molar-refractivity contribution in [2.45, 2.75) is 23.9 Å². The van der Waals surface area contributed by atoms with Crippen LogP contribution in [0.1, 0.15) is 12.5 Å². The van der Waals surface area contributed by atoms with Gasteiger partial charge in [0.2, 0.25) is 5.91 Å². The molecular weight excluding hydrogens is 465 g/mol. The van der Waals surface area contributed by atoms with Crippen molar-refractivity contribution in [3.8, 4) is 11.4 Å². The Morgan fingerprint density at radius 1 is 1.03 bits per heavy atom. The van der Waals surface area contributed by atoms with Gasteiger partial charge in [0.25, 0.3) is 0 Å². The van der Waals surface area contributed by atoms with Crippen molar-refractivity contribution in [1.29, 1.82) is 0 Å². The van der Waals surface area contributed by atoms with E-state index in [0.29, 0.717) is 33.3 Å². The molecule has 1 amide bonds. The van der Waals surface area contributed by atoms with Gasteiger partial charge in [-0.05, 0) is 36.8 Å². The number of hydrogen-bond donors (Lipinski definition) is 1. The third kappa shape index (κ3) is 5.12. The molecule has 0 aliphatic heterocycles. The maximum Gasteiger partial charge on any atom is 0.237 e. The molecule has 6 nitrogen and oxygen atoms in total. The molecular formula is C23H19Cl2N5OS. The molecule has 0 radical (unpaired) electrons. The van der Waals surface area contributed by atoms with E-state index in [1.807, 2.05) is 47.0 Å². The number of pyridine rings is 1. The van der Waals surface area contributed by atoms with E-state index in [-0.39, 0.29) is 5.91 Å². The van der Waals surface area contributed by atoms with Crippen LogP contribution in [0.15, 0.2) is 78.2 Å². The van der Waals surface area contributed by atoms with E-state index in [1.165, 1.54) is 11.8 Å². The Labute approximate surface area is 200 Å². The molecule has 0 bridgehead atoms. The number of nitrogens with one attached hydrogen (secondary N) is 1. The summed E-state index contributed by atoms with van der Waals surface area (Å²) in [4.78, 5) is 17.0. The number of carbonyl (C=O) groups is 1. The summed E-state index contributed by atoms with van der Waals surface area (Å²) < 4.78 is 1.99. The molecule has 1 atom stereocenters. The smallest absolute Gasteiger partial charge is 0.237 e. The summed E-state index contributed by atoms with van der Waals surface area (Å²) in [5.74, 6) is 0.452. The van der Waals surface area contributed by atoms with Gasteiger partial charge in [-0.25, -0.2) is 0 Å². The fourth-order valence-electron chi connectivity index (χ4n) is 3.05. The fraction of sp³-hybridized carbons (Fsp3) is 0.130. The van der Waals surface area contributed by atoms with Gasteiger partial charge >= 0.3 is 0 Å². The third-order valence-corrected chi connectivity index (χ3v) is 6.39. The Morgan fingerprint density at radius 2 is 1.78 bits per heavy atom. The summed E-state index contributed by atoms with van der Waals surface area (Å²) in [6, 6.07) is 18.9. The minimum absolute atomic E-state index is 0.234. The topological polar surface area (TPSA) is 72.7 Å². The van der Waals surface area contributed by atoms with Gasteiger partial charge in [0, 0.05) is 18.0 Å². The predicted molar refractivity (Wildman–Crippen MR) is 129 cm³/mol. The van der Waals surface area contributed by atoms with Crippen LogP contribution in [-0.2, 0) is 11.3 Å². The van der Waals surface area contributed by atoms with Gasteiger partial charge in [0.15, 0.2) is 11.0 Å². The van der Waals surface area contributed by atoms with Crippen LogP contribution in [0.4, 0.5) is 5.69 Å². The average molecular weight is 484 g/mol. The van der Waals surface area contributed by atoms with Crippen molar-refractivity contribution in [2.24, 2.45) is 0 Å². The van der Waals surface area contributed by atoms with Gasteiger partial charge in [-0.2, -0.15) is 0 Å². The van der Waals surface area contributed by atoms with Crippen molar-refractivity contribution in [3.05, 3.63) is 88.7 Å². The number of amides is 1. The van der Waals surface area contributed by atoms with Crippen LogP contribution < -0.4 is 5.32 Å². The van der Waals surface area contributed by atoms with Gasteiger partial charge in [0.05, 0.1) is 27.5 Å². The highest BCUT2D eigenvalue weighted by Gasteiger charge is 2.22. The zero-order valence-corrected chi connectivity index (χ0v) is 19.4. The first kappa shape index (κ1) is 22.3. The molecule has 2 heterocycles. The molecule has 4 aromatic rings. The quantitative estimate of drug-likeness (QED) is 0.335. The molecule has 2 aromatic heterocycles. The van der Waals surface area contributed by atoms with E-state index in [4.69, 9.17) is 23.2 Å². The number of para-hydroxylation sites is 1. The number of hydrogen-bond acceptors (Lipinski definition) is 5. The van der Waals surface area contributed by atoms with Crippen molar-refractivity contribution < 1.29 is 4.79 Å². The normalized spacial score (nSPS) is 11.8. The van der Waals surface area contributed by atoms with Crippen molar-refractivity contribution in [1.82, 2.24) is 19.7 Å².